The third-order valence-corrected chi connectivity index (χ3v) is 4.08. The van der Waals surface area contributed by atoms with Crippen LogP contribution in [-0.4, -0.2) is 10.9 Å². The first-order valence-corrected chi connectivity index (χ1v) is 7.79. The summed E-state index contributed by atoms with van der Waals surface area (Å²) in [5, 5.41) is 0.636. The number of fused-ring (bicyclic) bond motifs is 1. The van der Waals surface area contributed by atoms with E-state index in [1.165, 1.54) is 12.1 Å². The first-order chi connectivity index (χ1) is 11.7. The molecule has 1 unspecified atom stereocenters. The number of rotatable bonds is 2. The minimum Gasteiger partial charge on any atom is -0.464 e. The van der Waals surface area contributed by atoms with Gasteiger partial charge >= 0.3 is 0 Å². The first-order valence-electron chi connectivity index (χ1n) is 7.41. The quantitative estimate of drug-likeness (QED) is 0.653. The van der Waals surface area contributed by atoms with Crippen molar-refractivity contribution < 1.29 is 9.13 Å². The molecule has 0 radical (unpaired) electrons. The molecule has 24 heavy (non-hydrogen) atoms. The van der Waals surface area contributed by atoms with E-state index in [1.54, 1.807) is 30.6 Å². The Morgan fingerprint density at radius 1 is 0.958 bits per heavy atom. The molecule has 1 atom stereocenters. The van der Waals surface area contributed by atoms with Gasteiger partial charge in [-0.05, 0) is 48.0 Å². The van der Waals surface area contributed by atoms with Gasteiger partial charge in [0.2, 0.25) is 5.90 Å². The van der Waals surface area contributed by atoms with E-state index >= 15 is 0 Å². The lowest BCUT2D eigenvalue weighted by molar-refractivity contribution is 0.229. The molecule has 0 saturated carbocycles. The van der Waals surface area contributed by atoms with Crippen LogP contribution < -0.4 is 0 Å². The van der Waals surface area contributed by atoms with Crippen molar-refractivity contribution in [1.29, 1.82) is 0 Å². The van der Waals surface area contributed by atoms with Gasteiger partial charge in [0.05, 0.1) is 5.69 Å². The van der Waals surface area contributed by atoms with Gasteiger partial charge in [-0.1, -0.05) is 23.7 Å². The molecule has 1 aliphatic heterocycles. The summed E-state index contributed by atoms with van der Waals surface area (Å²) in [5.41, 5.74) is 3.08. The molecule has 0 bridgehead atoms. The van der Waals surface area contributed by atoms with Crippen molar-refractivity contribution in [3.8, 4) is 0 Å². The summed E-state index contributed by atoms with van der Waals surface area (Å²) in [6.07, 6.45) is 2.91. The number of pyridine rings is 1. The lowest BCUT2D eigenvalue weighted by atomic mass is 9.98. The number of aliphatic imine (C=N–C) groups is 1. The van der Waals surface area contributed by atoms with Gasteiger partial charge in [0, 0.05) is 28.5 Å². The number of hydrogen-bond acceptors (Lipinski definition) is 3. The lowest BCUT2D eigenvalue weighted by Crippen LogP contribution is -2.18. The molecule has 2 aromatic carbocycles. The second-order valence-corrected chi connectivity index (χ2v) is 5.84. The topological polar surface area (TPSA) is 34.5 Å². The van der Waals surface area contributed by atoms with Crippen LogP contribution in [0.2, 0.25) is 5.02 Å². The maximum absolute atomic E-state index is 13.7. The van der Waals surface area contributed by atoms with E-state index in [2.05, 4.69) is 9.98 Å². The molecule has 2 heterocycles. The highest BCUT2D eigenvalue weighted by Crippen LogP contribution is 2.38. The number of aromatic nitrogens is 1. The van der Waals surface area contributed by atoms with Crippen LogP contribution in [-0.2, 0) is 4.74 Å². The Morgan fingerprint density at radius 2 is 1.71 bits per heavy atom. The largest absolute Gasteiger partial charge is 0.464 e. The van der Waals surface area contributed by atoms with E-state index in [0.717, 1.165) is 11.1 Å². The predicted molar refractivity (Wildman–Crippen MR) is 91.2 cm³/mol. The minimum atomic E-state index is -0.450. The Morgan fingerprint density at radius 3 is 2.46 bits per heavy atom. The van der Waals surface area contributed by atoms with E-state index in [4.69, 9.17) is 16.3 Å². The van der Waals surface area contributed by atoms with Crippen molar-refractivity contribution in [2.24, 2.45) is 4.99 Å². The number of hydrogen-bond donors (Lipinski definition) is 0. The van der Waals surface area contributed by atoms with Crippen molar-refractivity contribution in [3.63, 3.8) is 0 Å². The summed E-state index contributed by atoms with van der Waals surface area (Å²) in [6, 6.07) is 15.5. The van der Waals surface area contributed by atoms with Crippen LogP contribution in [0.5, 0.6) is 0 Å². The fraction of sp³-hybridized carbons (Fsp3) is 0.0526. The van der Waals surface area contributed by atoms with E-state index in [9.17, 15) is 4.39 Å². The van der Waals surface area contributed by atoms with Gasteiger partial charge in [0.1, 0.15) is 5.82 Å². The van der Waals surface area contributed by atoms with Crippen molar-refractivity contribution in [2.75, 3.05) is 0 Å². The van der Waals surface area contributed by atoms with E-state index in [0.29, 0.717) is 22.2 Å². The SMILES string of the molecule is Fc1ccc2c(c1)C(c1ccc(Cl)cc1)OC(c1ccncc1)=N2. The number of nitrogens with zero attached hydrogens (tertiary/aromatic N) is 2. The smallest absolute Gasteiger partial charge is 0.222 e. The van der Waals surface area contributed by atoms with Crippen LogP contribution >= 0.6 is 11.6 Å². The van der Waals surface area contributed by atoms with Gasteiger partial charge < -0.3 is 4.74 Å². The van der Waals surface area contributed by atoms with Gasteiger partial charge in [-0.3, -0.25) is 4.98 Å². The molecule has 3 aromatic rings. The van der Waals surface area contributed by atoms with E-state index in [-0.39, 0.29) is 5.82 Å². The van der Waals surface area contributed by atoms with E-state index < -0.39 is 6.10 Å². The van der Waals surface area contributed by atoms with Crippen LogP contribution in [0.15, 0.2) is 72.0 Å². The minimum absolute atomic E-state index is 0.320. The van der Waals surface area contributed by atoms with Gasteiger partial charge in [-0.15, -0.1) is 0 Å². The highest BCUT2D eigenvalue weighted by molar-refractivity contribution is 6.30. The van der Waals surface area contributed by atoms with Crippen molar-refractivity contribution in [2.45, 2.75) is 6.10 Å². The van der Waals surface area contributed by atoms with Gasteiger partial charge in [-0.2, -0.15) is 0 Å². The molecule has 118 valence electrons. The molecule has 3 nitrogen and oxygen atoms in total. The van der Waals surface area contributed by atoms with Crippen LogP contribution in [0.3, 0.4) is 0 Å². The Labute approximate surface area is 143 Å². The van der Waals surface area contributed by atoms with Crippen LogP contribution in [0.4, 0.5) is 10.1 Å². The standard InChI is InChI=1S/C19H12ClFN2O/c20-14-3-1-12(2-4-14)18-16-11-15(21)5-6-17(16)23-19(24-18)13-7-9-22-10-8-13/h1-11,18H. The molecule has 0 fully saturated rings. The molecule has 0 spiro atoms. The molecular formula is C19H12ClFN2O. The molecule has 1 aliphatic rings. The Balaban J connectivity index is 1.84. The summed E-state index contributed by atoms with van der Waals surface area (Å²) in [6.45, 7) is 0. The summed E-state index contributed by atoms with van der Waals surface area (Å²) >= 11 is 5.97. The number of benzene rings is 2. The van der Waals surface area contributed by atoms with Gasteiger partial charge in [-0.25, -0.2) is 9.38 Å². The number of ether oxygens (including phenoxy) is 1. The molecule has 1 aromatic heterocycles. The molecule has 0 aliphatic carbocycles. The molecule has 0 N–H and O–H groups in total. The maximum Gasteiger partial charge on any atom is 0.222 e. The maximum atomic E-state index is 13.7. The number of halogens is 2. The summed E-state index contributed by atoms with van der Waals surface area (Å²) in [7, 11) is 0. The second kappa shape index (κ2) is 6.06. The molecular weight excluding hydrogens is 327 g/mol. The molecule has 4 rings (SSSR count). The van der Waals surface area contributed by atoms with Crippen molar-refractivity contribution >= 4 is 23.2 Å². The first kappa shape index (κ1) is 14.8. The fourth-order valence-corrected chi connectivity index (χ4v) is 2.79. The normalized spacial score (nSPS) is 16.1. The average molecular weight is 339 g/mol. The van der Waals surface area contributed by atoms with Crippen LogP contribution in [0.1, 0.15) is 22.8 Å². The van der Waals surface area contributed by atoms with E-state index in [1.807, 2.05) is 24.3 Å². The second-order valence-electron chi connectivity index (χ2n) is 5.41. The van der Waals surface area contributed by atoms with Gasteiger partial charge in [0.15, 0.2) is 6.10 Å². The summed E-state index contributed by atoms with van der Waals surface area (Å²) < 4.78 is 19.8. The molecule has 5 heteroatoms. The van der Waals surface area contributed by atoms with Crippen LogP contribution in [0, 0.1) is 5.82 Å². The average Bonchev–Trinajstić information content (AvgIpc) is 2.62. The Hall–Kier alpha value is -2.72. The zero-order chi connectivity index (χ0) is 16.5. The monoisotopic (exact) mass is 338 g/mol. The zero-order valence-corrected chi connectivity index (χ0v) is 13.2. The van der Waals surface area contributed by atoms with Crippen molar-refractivity contribution in [1.82, 2.24) is 4.98 Å². The summed E-state index contributed by atoms with van der Waals surface area (Å²) in [5.74, 6) is 0.162. The molecule has 0 saturated heterocycles. The fourth-order valence-electron chi connectivity index (χ4n) is 2.66. The molecule has 0 amide bonds. The zero-order valence-electron chi connectivity index (χ0n) is 12.5. The van der Waals surface area contributed by atoms with Gasteiger partial charge in [0.25, 0.3) is 0 Å². The van der Waals surface area contributed by atoms with Crippen LogP contribution in [0.25, 0.3) is 0 Å². The predicted octanol–water partition coefficient (Wildman–Crippen LogP) is 5.07. The highest BCUT2D eigenvalue weighted by Gasteiger charge is 2.26. The highest BCUT2D eigenvalue weighted by atomic mass is 35.5. The lowest BCUT2D eigenvalue weighted by Gasteiger charge is -2.26. The Bertz CT molecular complexity index is 910. The Kier molecular flexibility index (Phi) is 3.75. The third kappa shape index (κ3) is 2.76. The summed E-state index contributed by atoms with van der Waals surface area (Å²) in [4.78, 5) is 8.53. The van der Waals surface area contributed by atoms with Crippen molar-refractivity contribution in [3.05, 3.63) is 94.5 Å². The third-order valence-electron chi connectivity index (χ3n) is 3.82.